The number of hydrogen-bond donors (Lipinski definition) is 1. The molecule has 0 aliphatic rings. The van der Waals surface area contributed by atoms with Gasteiger partial charge in [-0.05, 0) is 36.4 Å². The molecule has 0 atom stereocenters. The SMILES string of the molecule is Cn1c(COc2ccc(C#N)cc2)nc2nc(CO)ccc21. The number of hydrogen-bond acceptors (Lipinski definition) is 5. The number of imidazole rings is 1. The summed E-state index contributed by atoms with van der Waals surface area (Å²) in [4.78, 5) is 8.71. The molecule has 0 fully saturated rings. The van der Waals surface area contributed by atoms with Crippen LogP contribution in [-0.4, -0.2) is 19.6 Å². The van der Waals surface area contributed by atoms with Crippen molar-refractivity contribution < 1.29 is 9.84 Å². The molecule has 0 unspecified atom stereocenters. The summed E-state index contributed by atoms with van der Waals surface area (Å²) in [6, 6.07) is 12.6. The van der Waals surface area contributed by atoms with Crippen LogP contribution < -0.4 is 4.74 Å². The van der Waals surface area contributed by atoms with E-state index in [0.29, 0.717) is 29.3 Å². The van der Waals surface area contributed by atoms with E-state index in [0.717, 1.165) is 11.3 Å². The van der Waals surface area contributed by atoms with Crippen molar-refractivity contribution in [2.75, 3.05) is 0 Å². The standard InChI is InChI=1S/C16H14N4O2/c1-20-14-7-4-12(9-21)18-16(14)19-15(20)10-22-13-5-2-11(8-17)3-6-13/h2-7,21H,9-10H2,1H3. The van der Waals surface area contributed by atoms with Crippen molar-refractivity contribution in [2.24, 2.45) is 7.05 Å². The van der Waals surface area contributed by atoms with Crippen molar-refractivity contribution in [1.29, 1.82) is 5.26 Å². The molecule has 0 saturated heterocycles. The Labute approximate surface area is 127 Å². The Hall–Kier alpha value is -2.91. The lowest BCUT2D eigenvalue weighted by molar-refractivity contribution is 0.277. The normalized spacial score (nSPS) is 10.6. The maximum atomic E-state index is 9.12. The monoisotopic (exact) mass is 294 g/mol. The Morgan fingerprint density at radius 1 is 1.18 bits per heavy atom. The second-order valence-corrected chi connectivity index (χ2v) is 4.82. The molecule has 2 heterocycles. The molecule has 3 aromatic rings. The third kappa shape index (κ3) is 2.62. The minimum atomic E-state index is -0.108. The van der Waals surface area contributed by atoms with Crippen LogP contribution in [0.1, 0.15) is 17.1 Å². The van der Waals surface area contributed by atoms with Crippen molar-refractivity contribution >= 4 is 11.2 Å². The molecule has 0 spiro atoms. The summed E-state index contributed by atoms with van der Waals surface area (Å²) >= 11 is 0. The average Bonchev–Trinajstić information content (AvgIpc) is 2.89. The van der Waals surface area contributed by atoms with Gasteiger partial charge in [-0.25, -0.2) is 9.97 Å². The van der Waals surface area contributed by atoms with Crippen molar-refractivity contribution in [3.63, 3.8) is 0 Å². The summed E-state index contributed by atoms with van der Waals surface area (Å²) in [5.74, 6) is 1.41. The number of rotatable bonds is 4. The average molecular weight is 294 g/mol. The molecule has 22 heavy (non-hydrogen) atoms. The first kappa shape index (κ1) is 14.0. The van der Waals surface area contributed by atoms with E-state index in [4.69, 9.17) is 15.1 Å². The summed E-state index contributed by atoms with van der Waals surface area (Å²) in [5, 5.41) is 17.9. The number of aryl methyl sites for hydroxylation is 1. The number of aromatic nitrogens is 3. The van der Waals surface area contributed by atoms with Gasteiger partial charge in [-0.1, -0.05) is 0 Å². The van der Waals surface area contributed by atoms with Crippen LogP contribution in [0.5, 0.6) is 5.75 Å². The van der Waals surface area contributed by atoms with Gasteiger partial charge in [0.2, 0.25) is 0 Å². The first-order valence-corrected chi connectivity index (χ1v) is 6.76. The highest BCUT2D eigenvalue weighted by Crippen LogP contribution is 2.17. The van der Waals surface area contributed by atoms with E-state index in [1.54, 1.807) is 30.3 Å². The van der Waals surface area contributed by atoms with Crippen LogP contribution in [0.4, 0.5) is 0 Å². The topological polar surface area (TPSA) is 84.0 Å². The molecule has 6 nitrogen and oxygen atoms in total. The zero-order valence-electron chi connectivity index (χ0n) is 12.0. The summed E-state index contributed by atoms with van der Waals surface area (Å²) in [6.07, 6.45) is 0. The van der Waals surface area contributed by atoms with Crippen molar-refractivity contribution in [3.8, 4) is 11.8 Å². The number of aliphatic hydroxyl groups excluding tert-OH is 1. The predicted molar refractivity (Wildman–Crippen MR) is 79.9 cm³/mol. The predicted octanol–water partition coefficient (Wildman–Crippen LogP) is 1.91. The molecule has 0 bridgehead atoms. The highest BCUT2D eigenvalue weighted by Gasteiger charge is 2.10. The van der Waals surface area contributed by atoms with Gasteiger partial charge in [0.05, 0.1) is 29.5 Å². The Morgan fingerprint density at radius 3 is 2.64 bits per heavy atom. The first-order chi connectivity index (χ1) is 10.7. The molecule has 6 heteroatoms. The van der Waals surface area contributed by atoms with E-state index in [2.05, 4.69) is 16.0 Å². The zero-order chi connectivity index (χ0) is 15.5. The molecular weight excluding hydrogens is 280 g/mol. The molecule has 0 aliphatic heterocycles. The molecule has 1 aromatic carbocycles. The number of benzene rings is 1. The Morgan fingerprint density at radius 2 is 1.95 bits per heavy atom. The van der Waals surface area contributed by atoms with E-state index >= 15 is 0 Å². The molecule has 2 aromatic heterocycles. The lowest BCUT2D eigenvalue weighted by Crippen LogP contribution is -2.03. The third-order valence-electron chi connectivity index (χ3n) is 3.41. The second kappa shape index (κ2) is 5.84. The minimum Gasteiger partial charge on any atom is -0.486 e. The molecule has 0 amide bonds. The minimum absolute atomic E-state index is 0.108. The summed E-state index contributed by atoms with van der Waals surface area (Å²) in [5.41, 5.74) is 2.66. The molecule has 1 N–H and O–H groups in total. The van der Waals surface area contributed by atoms with Crippen molar-refractivity contribution in [1.82, 2.24) is 14.5 Å². The number of fused-ring (bicyclic) bond motifs is 1. The van der Waals surface area contributed by atoms with Crippen LogP contribution in [0.2, 0.25) is 0 Å². The van der Waals surface area contributed by atoms with Gasteiger partial charge in [-0.2, -0.15) is 5.26 Å². The maximum absolute atomic E-state index is 9.12. The Balaban J connectivity index is 1.81. The maximum Gasteiger partial charge on any atom is 0.178 e. The fourth-order valence-electron chi connectivity index (χ4n) is 2.15. The molecular formula is C16H14N4O2. The van der Waals surface area contributed by atoms with Crippen molar-refractivity contribution in [2.45, 2.75) is 13.2 Å². The summed E-state index contributed by atoms with van der Waals surface area (Å²) in [6.45, 7) is 0.191. The van der Waals surface area contributed by atoms with E-state index in [1.807, 2.05) is 17.7 Å². The Kier molecular flexibility index (Phi) is 3.73. The molecule has 3 rings (SSSR count). The van der Waals surface area contributed by atoms with E-state index < -0.39 is 0 Å². The largest absolute Gasteiger partial charge is 0.486 e. The van der Waals surface area contributed by atoms with Crippen LogP contribution in [0.25, 0.3) is 11.2 Å². The van der Waals surface area contributed by atoms with Crippen LogP contribution in [0, 0.1) is 11.3 Å². The van der Waals surface area contributed by atoms with Gasteiger partial charge in [0.15, 0.2) is 5.65 Å². The number of nitrogens with zero attached hydrogens (tertiary/aromatic N) is 4. The quantitative estimate of drug-likeness (QED) is 0.794. The third-order valence-corrected chi connectivity index (χ3v) is 3.41. The number of ether oxygens (including phenoxy) is 1. The fraction of sp³-hybridized carbons (Fsp3) is 0.188. The highest BCUT2D eigenvalue weighted by atomic mass is 16.5. The second-order valence-electron chi connectivity index (χ2n) is 4.82. The van der Waals surface area contributed by atoms with E-state index in [1.165, 1.54) is 0 Å². The van der Waals surface area contributed by atoms with Crippen LogP contribution >= 0.6 is 0 Å². The number of pyridine rings is 1. The highest BCUT2D eigenvalue weighted by molar-refractivity contribution is 5.71. The van der Waals surface area contributed by atoms with Crippen LogP contribution in [0.15, 0.2) is 36.4 Å². The van der Waals surface area contributed by atoms with Gasteiger partial charge < -0.3 is 14.4 Å². The van der Waals surface area contributed by atoms with E-state index in [9.17, 15) is 0 Å². The van der Waals surface area contributed by atoms with Crippen LogP contribution in [0.3, 0.4) is 0 Å². The molecule has 0 radical (unpaired) electrons. The van der Waals surface area contributed by atoms with Gasteiger partial charge >= 0.3 is 0 Å². The van der Waals surface area contributed by atoms with Gasteiger partial charge in [-0.15, -0.1) is 0 Å². The van der Waals surface area contributed by atoms with Gasteiger partial charge in [-0.3, -0.25) is 0 Å². The number of nitriles is 1. The van der Waals surface area contributed by atoms with E-state index in [-0.39, 0.29) is 6.61 Å². The molecule has 0 aliphatic carbocycles. The van der Waals surface area contributed by atoms with Crippen LogP contribution in [-0.2, 0) is 20.3 Å². The van der Waals surface area contributed by atoms with Gasteiger partial charge in [0, 0.05) is 7.05 Å². The molecule has 110 valence electrons. The fourth-order valence-corrected chi connectivity index (χ4v) is 2.15. The van der Waals surface area contributed by atoms with Gasteiger partial charge in [0.1, 0.15) is 18.2 Å². The number of aliphatic hydroxyl groups is 1. The van der Waals surface area contributed by atoms with Crippen molar-refractivity contribution in [3.05, 3.63) is 53.5 Å². The first-order valence-electron chi connectivity index (χ1n) is 6.76. The Bertz CT molecular complexity index is 847. The lowest BCUT2D eigenvalue weighted by Gasteiger charge is -2.06. The smallest absolute Gasteiger partial charge is 0.178 e. The lowest BCUT2D eigenvalue weighted by atomic mass is 10.2. The van der Waals surface area contributed by atoms with Gasteiger partial charge in [0.25, 0.3) is 0 Å². The summed E-state index contributed by atoms with van der Waals surface area (Å²) < 4.78 is 7.60. The molecule has 0 saturated carbocycles. The zero-order valence-corrected chi connectivity index (χ0v) is 12.0. The summed E-state index contributed by atoms with van der Waals surface area (Å²) in [7, 11) is 1.90.